The first kappa shape index (κ1) is 21.2. The number of methoxy groups -OCH3 is 1. The number of aliphatic imine (C=N–C) groups is 1. The van der Waals surface area contributed by atoms with E-state index in [1.807, 2.05) is 26.0 Å². The number of guanidine groups is 1. The smallest absolute Gasteiger partial charge is 0.214 e. The van der Waals surface area contributed by atoms with E-state index in [0.29, 0.717) is 12.4 Å². The van der Waals surface area contributed by atoms with Gasteiger partial charge in [-0.05, 0) is 45.8 Å². The van der Waals surface area contributed by atoms with Gasteiger partial charge in [-0.2, -0.15) is 0 Å². The Hall–Kier alpha value is -2.54. The maximum Gasteiger partial charge on any atom is 0.214 e. The first-order valence-electron chi connectivity index (χ1n) is 10.4. The van der Waals surface area contributed by atoms with E-state index in [-0.39, 0.29) is 6.04 Å². The zero-order valence-corrected chi connectivity index (χ0v) is 18.0. The molecular formula is C22H33N5O2. The molecule has 1 aliphatic rings. The molecule has 1 saturated heterocycles. The number of para-hydroxylation sites is 1. The van der Waals surface area contributed by atoms with Crippen molar-refractivity contribution in [3.63, 3.8) is 0 Å². The second kappa shape index (κ2) is 10.3. The van der Waals surface area contributed by atoms with Crippen molar-refractivity contribution >= 4 is 5.96 Å². The SMILES string of the molecule is CN=C(NCc1nc(C)c(C)o1)NCC(c1ccccc1OC)N1CCCCC1. The molecule has 2 N–H and O–H groups in total. The number of aromatic nitrogens is 1. The number of rotatable bonds is 7. The van der Waals surface area contributed by atoms with Crippen LogP contribution in [0.4, 0.5) is 0 Å². The van der Waals surface area contributed by atoms with Gasteiger partial charge in [0.1, 0.15) is 11.5 Å². The molecule has 1 aromatic carbocycles. The van der Waals surface area contributed by atoms with Gasteiger partial charge in [-0.3, -0.25) is 9.89 Å². The Morgan fingerprint density at radius 3 is 2.62 bits per heavy atom. The number of likely N-dealkylation sites (tertiary alicyclic amines) is 1. The monoisotopic (exact) mass is 399 g/mol. The van der Waals surface area contributed by atoms with Crippen molar-refractivity contribution in [2.75, 3.05) is 33.8 Å². The van der Waals surface area contributed by atoms with Crippen LogP contribution in [0.5, 0.6) is 5.75 Å². The first-order valence-corrected chi connectivity index (χ1v) is 10.4. The summed E-state index contributed by atoms with van der Waals surface area (Å²) in [6, 6.07) is 8.51. The van der Waals surface area contributed by atoms with Crippen molar-refractivity contribution in [1.29, 1.82) is 0 Å². The van der Waals surface area contributed by atoms with Crippen molar-refractivity contribution in [1.82, 2.24) is 20.5 Å². The van der Waals surface area contributed by atoms with Crippen molar-refractivity contribution < 1.29 is 9.15 Å². The topological polar surface area (TPSA) is 74.9 Å². The molecule has 3 rings (SSSR count). The van der Waals surface area contributed by atoms with Gasteiger partial charge < -0.3 is 19.8 Å². The van der Waals surface area contributed by atoms with Gasteiger partial charge in [0.25, 0.3) is 0 Å². The van der Waals surface area contributed by atoms with Crippen LogP contribution >= 0.6 is 0 Å². The largest absolute Gasteiger partial charge is 0.496 e. The summed E-state index contributed by atoms with van der Waals surface area (Å²) in [5.74, 6) is 3.18. The Kier molecular flexibility index (Phi) is 7.52. The summed E-state index contributed by atoms with van der Waals surface area (Å²) in [6.45, 7) is 7.32. The number of hydrogen-bond donors (Lipinski definition) is 2. The lowest BCUT2D eigenvalue weighted by molar-refractivity contribution is 0.161. The fourth-order valence-electron chi connectivity index (χ4n) is 3.80. The van der Waals surface area contributed by atoms with Crippen LogP contribution in [0.1, 0.15) is 48.2 Å². The third-order valence-electron chi connectivity index (χ3n) is 5.50. The molecule has 0 spiro atoms. The van der Waals surface area contributed by atoms with Crippen LogP contribution in [0.25, 0.3) is 0 Å². The number of hydrogen-bond acceptors (Lipinski definition) is 5. The van der Waals surface area contributed by atoms with Crippen molar-refractivity contribution in [3.8, 4) is 5.75 Å². The third-order valence-corrected chi connectivity index (χ3v) is 5.50. The predicted molar refractivity (Wildman–Crippen MR) is 115 cm³/mol. The molecule has 1 fully saturated rings. The van der Waals surface area contributed by atoms with E-state index in [4.69, 9.17) is 9.15 Å². The molecule has 1 aromatic heterocycles. The zero-order chi connectivity index (χ0) is 20.6. The van der Waals surface area contributed by atoms with Gasteiger partial charge in [-0.15, -0.1) is 0 Å². The molecular weight excluding hydrogens is 366 g/mol. The van der Waals surface area contributed by atoms with E-state index in [0.717, 1.165) is 42.8 Å². The fraction of sp³-hybridized carbons (Fsp3) is 0.545. The molecule has 0 radical (unpaired) electrons. The van der Waals surface area contributed by atoms with Gasteiger partial charge in [-0.1, -0.05) is 24.6 Å². The average molecular weight is 400 g/mol. The molecule has 1 aliphatic heterocycles. The lowest BCUT2D eigenvalue weighted by Crippen LogP contribution is -2.44. The summed E-state index contributed by atoms with van der Waals surface area (Å²) >= 11 is 0. The molecule has 0 bridgehead atoms. The molecule has 7 heteroatoms. The Bertz CT molecular complexity index is 792. The third kappa shape index (κ3) is 5.50. The van der Waals surface area contributed by atoms with E-state index in [9.17, 15) is 0 Å². The predicted octanol–water partition coefficient (Wildman–Crippen LogP) is 3.19. The molecule has 2 heterocycles. The molecule has 7 nitrogen and oxygen atoms in total. The highest BCUT2D eigenvalue weighted by molar-refractivity contribution is 5.79. The van der Waals surface area contributed by atoms with E-state index in [2.05, 4.69) is 37.6 Å². The Labute approximate surface area is 173 Å². The van der Waals surface area contributed by atoms with Gasteiger partial charge in [0.05, 0.1) is 25.4 Å². The molecule has 158 valence electrons. The average Bonchev–Trinajstić information content (AvgIpc) is 3.08. The highest BCUT2D eigenvalue weighted by Crippen LogP contribution is 2.30. The summed E-state index contributed by atoms with van der Waals surface area (Å²) < 4.78 is 11.3. The maximum absolute atomic E-state index is 5.65. The van der Waals surface area contributed by atoms with Gasteiger partial charge in [-0.25, -0.2) is 4.98 Å². The molecule has 1 atom stereocenters. The second-order valence-electron chi connectivity index (χ2n) is 7.41. The van der Waals surface area contributed by atoms with Crippen LogP contribution in [-0.2, 0) is 6.54 Å². The molecule has 29 heavy (non-hydrogen) atoms. The quantitative estimate of drug-likeness (QED) is 0.550. The number of oxazole rings is 1. The van der Waals surface area contributed by atoms with Crippen molar-refractivity contribution in [2.45, 2.75) is 45.7 Å². The minimum atomic E-state index is 0.219. The van der Waals surface area contributed by atoms with Crippen LogP contribution < -0.4 is 15.4 Å². The Morgan fingerprint density at radius 1 is 1.21 bits per heavy atom. The first-order chi connectivity index (χ1) is 14.1. The van der Waals surface area contributed by atoms with E-state index >= 15 is 0 Å². The molecule has 2 aromatic rings. The highest BCUT2D eigenvalue weighted by Gasteiger charge is 2.25. The molecule has 0 amide bonds. The number of benzene rings is 1. The van der Waals surface area contributed by atoms with Crippen molar-refractivity contribution in [2.24, 2.45) is 4.99 Å². The lowest BCUT2D eigenvalue weighted by Gasteiger charge is -2.35. The molecule has 1 unspecified atom stereocenters. The van der Waals surface area contributed by atoms with E-state index < -0.39 is 0 Å². The van der Waals surface area contributed by atoms with Gasteiger partial charge in [0.15, 0.2) is 5.96 Å². The number of aryl methyl sites for hydroxylation is 2. The summed E-state index contributed by atoms with van der Waals surface area (Å²) in [7, 11) is 3.51. The van der Waals surface area contributed by atoms with E-state index in [1.54, 1.807) is 14.2 Å². The summed E-state index contributed by atoms with van der Waals surface area (Å²) in [4.78, 5) is 11.3. The van der Waals surface area contributed by atoms with Crippen LogP contribution in [0.3, 0.4) is 0 Å². The number of nitrogens with zero attached hydrogens (tertiary/aromatic N) is 3. The van der Waals surface area contributed by atoms with Gasteiger partial charge >= 0.3 is 0 Å². The Balaban J connectivity index is 1.67. The number of piperidine rings is 1. The number of ether oxygens (including phenoxy) is 1. The zero-order valence-electron chi connectivity index (χ0n) is 18.0. The number of nitrogens with one attached hydrogen (secondary N) is 2. The normalized spacial score (nSPS) is 16.5. The highest BCUT2D eigenvalue weighted by atomic mass is 16.5. The van der Waals surface area contributed by atoms with Crippen LogP contribution in [-0.4, -0.2) is 49.6 Å². The summed E-state index contributed by atoms with van der Waals surface area (Å²) in [5.41, 5.74) is 2.13. The molecule has 0 saturated carbocycles. The summed E-state index contributed by atoms with van der Waals surface area (Å²) in [6.07, 6.45) is 3.78. The van der Waals surface area contributed by atoms with Crippen molar-refractivity contribution in [3.05, 3.63) is 47.2 Å². The van der Waals surface area contributed by atoms with Gasteiger partial charge in [0.2, 0.25) is 5.89 Å². The second-order valence-corrected chi connectivity index (χ2v) is 7.41. The lowest BCUT2D eigenvalue weighted by atomic mass is 10.0. The van der Waals surface area contributed by atoms with Crippen LogP contribution in [0, 0.1) is 13.8 Å². The Morgan fingerprint density at radius 2 is 1.97 bits per heavy atom. The molecule has 0 aliphatic carbocycles. The van der Waals surface area contributed by atoms with Crippen LogP contribution in [0.2, 0.25) is 0 Å². The maximum atomic E-state index is 5.65. The minimum Gasteiger partial charge on any atom is -0.496 e. The standard InChI is InChI=1S/C22H33N5O2/c1-16-17(2)29-21(26-16)15-25-22(23-3)24-14-19(27-12-8-5-9-13-27)18-10-6-7-11-20(18)28-4/h6-7,10-11,19H,5,8-9,12-15H2,1-4H3,(H2,23,24,25). The van der Waals surface area contributed by atoms with Crippen LogP contribution in [0.15, 0.2) is 33.7 Å². The summed E-state index contributed by atoms with van der Waals surface area (Å²) in [5, 5.41) is 6.78. The van der Waals surface area contributed by atoms with E-state index in [1.165, 1.54) is 24.8 Å². The minimum absolute atomic E-state index is 0.219. The fourth-order valence-corrected chi connectivity index (χ4v) is 3.80. The van der Waals surface area contributed by atoms with Gasteiger partial charge in [0, 0.05) is 19.2 Å².